The highest BCUT2D eigenvalue weighted by Gasteiger charge is 2.37. The number of thiocarbonyl (C=S) groups is 1. The van der Waals surface area contributed by atoms with Gasteiger partial charge >= 0.3 is 0 Å². The molecule has 4 nitrogen and oxygen atoms in total. The van der Waals surface area contributed by atoms with E-state index in [4.69, 9.17) is 12.2 Å². The summed E-state index contributed by atoms with van der Waals surface area (Å²) in [5.74, 6) is 0.0275. The van der Waals surface area contributed by atoms with Crippen LogP contribution in [0.4, 0.5) is 0 Å². The predicted octanol–water partition coefficient (Wildman–Crippen LogP) is 4.12. The van der Waals surface area contributed by atoms with Crippen LogP contribution in [0.1, 0.15) is 50.1 Å². The summed E-state index contributed by atoms with van der Waals surface area (Å²) in [6, 6.07) is 9.86. The van der Waals surface area contributed by atoms with Crippen LogP contribution in [0.5, 0.6) is 0 Å². The Morgan fingerprint density at radius 1 is 1.19 bits per heavy atom. The second-order valence-corrected chi connectivity index (χ2v) is 7.33. The lowest BCUT2D eigenvalue weighted by atomic mass is 9.87. The van der Waals surface area contributed by atoms with Gasteiger partial charge in [0.25, 0.3) is 5.91 Å². The molecule has 0 aromatic heterocycles. The molecule has 1 heterocycles. The van der Waals surface area contributed by atoms with Gasteiger partial charge < -0.3 is 4.90 Å². The van der Waals surface area contributed by atoms with Crippen LogP contribution >= 0.6 is 24.6 Å². The summed E-state index contributed by atoms with van der Waals surface area (Å²) in [5.41, 5.74) is 0.880. The highest BCUT2D eigenvalue weighted by molar-refractivity contribution is 7.78. The molecule has 1 saturated carbocycles. The molecule has 3 atom stereocenters. The van der Waals surface area contributed by atoms with Crippen molar-refractivity contribution < 1.29 is 4.79 Å². The Balaban J connectivity index is 0.00000243. The fourth-order valence-electron chi connectivity index (χ4n) is 4.36. The molecule has 1 aromatic rings. The lowest BCUT2D eigenvalue weighted by Gasteiger charge is -2.43. The summed E-state index contributed by atoms with van der Waals surface area (Å²) in [5, 5.41) is 2.42. The normalized spacial score (nSPS) is 24.2. The van der Waals surface area contributed by atoms with Crippen molar-refractivity contribution in [1.29, 1.82) is 0 Å². The maximum absolute atomic E-state index is 13.2. The first-order valence-corrected chi connectivity index (χ1v) is 9.76. The second kappa shape index (κ2) is 10.2. The third-order valence-electron chi connectivity index (χ3n) is 5.68. The standard InChI is InChI=1S/C20H27N3OS.ClH/c1-22(17-11-5-6-12-18(17)23-13-7-8-14-23)20(24)19(21-15-25)16-9-3-2-4-10-16;/h2-4,9-10,17-19H,5-8,11-14H2,1H3;1H/t17-,18-,19?;/m0./s1. The number of amides is 1. The first-order chi connectivity index (χ1) is 12.2. The zero-order chi connectivity index (χ0) is 17.6. The molecule has 0 N–H and O–H groups in total. The van der Waals surface area contributed by atoms with Gasteiger partial charge in [0, 0.05) is 19.1 Å². The molecule has 1 unspecified atom stereocenters. The van der Waals surface area contributed by atoms with E-state index in [1.54, 1.807) is 0 Å². The summed E-state index contributed by atoms with van der Waals surface area (Å²) in [4.78, 5) is 21.9. The van der Waals surface area contributed by atoms with E-state index in [1.807, 2.05) is 42.3 Å². The Kier molecular flexibility index (Phi) is 8.23. The van der Waals surface area contributed by atoms with Crippen molar-refractivity contribution in [1.82, 2.24) is 9.80 Å². The van der Waals surface area contributed by atoms with Crippen LogP contribution in [0.2, 0.25) is 0 Å². The summed E-state index contributed by atoms with van der Waals surface area (Å²) in [6.07, 6.45) is 7.28. The van der Waals surface area contributed by atoms with E-state index in [0.717, 1.165) is 12.0 Å². The first kappa shape index (κ1) is 21.0. The van der Waals surface area contributed by atoms with Crippen molar-refractivity contribution in [3.05, 3.63) is 35.9 Å². The lowest BCUT2D eigenvalue weighted by molar-refractivity contribution is -0.135. The molecular weight excluding hydrogens is 366 g/mol. The van der Waals surface area contributed by atoms with Gasteiger partial charge in [-0.25, -0.2) is 4.99 Å². The molecule has 26 heavy (non-hydrogen) atoms. The van der Waals surface area contributed by atoms with E-state index in [-0.39, 0.29) is 24.4 Å². The van der Waals surface area contributed by atoms with Gasteiger partial charge in [0.1, 0.15) is 0 Å². The van der Waals surface area contributed by atoms with Crippen molar-refractivity contribution in [2.75, 3.05) is 20.1 Å². The van der Waals surface area contributed by atoms with Crippen LogP contribution in [0.15, 0.2) is 35.3 Å². The van der Waals surface area contributed by atoms with E-state index >= 15 is 0 Å². The zero-order valence-corrected chi connectivity index (χ0v) is 17.0. The Morgan fingerprint density at radius 3 is 2.50 bits per heavy atom. The number of rotatable bonds is 5. The number of carbonyl (C=O) groups is 1. The molecule has 1 saturated heterocycles. The topological polar surface area (TPSA) is 35.9 Å². The van der Waals surface area contributed by atoms with E-state index < -0.39 is 6.04 Å². The average molecular weight is 394 g/mol. The number of isothiocyanates is 1. The highest BCUT2D eigenvalue weighted by Crippen LogP contribution is 2.31. The summed E-state index contributed by atoms with van der Waals surface area (Å²) < 4.78 is 0. The largest absolute Gasteiger partial charge is 0.339 e. The Labute approximate surface area is 168 Å². The van der Waals surface area contributed by atoms with Gasteiger partial charge in [0.15, 0.2) is 6.04 Å². The Hall–Kier alpha value is -1.26. The summed E-state index contributed by atoms with van der Waals surface area (Å²) >= 11 is 4.81. The number of halogens is 1. The predicted molar refractivity (Wildman–Crippen MR) is 111 cm³/mol. The van der Waals surface area contributed by atoms with E-state index in [0.29, 0.717) is 6.04 Å². The average Bonchev–Trinajstić information content (AvgIpc) is 3.20. The summed E-state index contributed by atoms with van der Waals surface area (Å²) in [6.45, 7) is 2.34. The molecule has 3 rings (SSSR count). The minimum absolute atomic E-state index is 0. The maximum atomic E-state index is 13.2. The number of likely N-dealkylation sites (tertiary alicyclic amines) is 1. The van der Waals surface area contributed by atoms with Crippen molar-refractivity contribution >= 4 is 35.7 Å². The van der Waals surface area contributed by atoms with Gasteiger partial charge in [-0.1, -0.05) is 43.2 Å². The Bertz CT molecular complexity index is 629. The molecule has 1 aliphatic heterocycles. The number of likely N-dealkylation sites (N-methyl/N-ethyl adjacent to an activating group) is 1. The fourth-order valence-corrected chi connectivity index (χ4v) is 4.46. The molecule has 2 fully saturated rings. The van der Waals surface area contributed by atoms with Crippen molar-refractivity contribution in [3.8, 4) is 0 Å². The van der Waals surface area contributed by atoms with Crippen molar-refractivity contribution in [3.63, 3.8) is 0 Å². The molecule has 0 spiro atoms. The number of hydrogen-bond donors (Lipinski definition) is 0. The highest BCUT2D eigenvalue weighted by atomic mass is 35.5. The third-order valence-corrected chi connectivity index (χ3v) is 5.79. The molecular formula is C20H28ClN3OS. The molecule has 2 aliphatic rings. The number of benzene rings is 1. The zero-order valence-electron chi connectivity index (χ0n) is 15.3. The van der Waals surface area contributed by atoms with Crippen LogP contribution in [0.3, 0.4) is 0 Å². The van der Waals surface area contributed by atoms with E-state index in [2.05, 4.69) is 15.1 Å². The maximum Gasteiger partial charge on any atom is 0.252 e. The molecule has 1 aromatic carbocycles. The van der Waals surface area contributed by atoms with Crippen LogP contribution in [0, 0.1) is 0 Å². The van der Waals surface area contributed by atoms with Gasteiger partial charge in [-0.3, -0.25) is 9.69 Å². The quantitative estimate of drug-likeness (QED) is 0.557. The van der Waals surface area contributed by atoms with Crippen LogP contribution < -0.4 is 0 Å². The van der Waals surface area contributed by atoms with Crippen LogP contribution in [-0.2, 0) is 4.79 Å². The van der Waals surface area contributed by atoms with Gasteiger partial charge in [0.2, 0.25) is 0 Å². The van der Waals surface area contributed by atoms with E-state index in [9.17, 15) is 4.79 Å². The summed E-state index contributed by atoms with van der Waals surface area (Å²) in [7, 11) is 1.94. The first-order valence-electron chi connectivity index (χ1n) is 9.35. The molecule has 0 bridgehead atoms. The number of hydrogen-bond acceptors (Lipinski definition) is 4. The monoisotopic (exact) mass is 393 g/mol. The van der Waals surface area contributed by atoms with Gasteiger partial charge in [-0.2, -0.15) is 0 Å². The Morgan fingerprint density at radius 2 is 1.85 bits per heavy atom. The molecule has 6 heteroatoms. The van der Waals surface area contributed by atoms with Crippen LogP contribution in [0.25, 0.3) is 0 Å². The molecule has 1 aliphatic carbocycles. The van der Waals surface area contributed by atoms with Gasteiger partial charge in [0.05, 0.1) is 5.16 Å². The lowest BCUT2D eigenvalue weighted by Crippen LogP contribution is -2.53. The minimum Gasteiger partial charge on any atom is -0.339 e. The SMILES string of the molecule is CN(C(=O)C(N=C=S)c1ccccc1)[C@H]1CCCC[C@@H]1N1CCCC1.Cl. The minimum atomic E-state index is -0.579. The molecule has 1 amide bonds. The number of aliphatic imine (C=N–C) groups is 1. The number of carbonyl (C=O) groups excluding carboxylic acids is 1. The third kappa shape index (κ3) is 4.72. The molecule has 142 valence electrons. The van der Waals surface area contributed by atoms with Gasteiger partial charge in [-0.05, 0) is 56.6 Å². The second-order valence-electron chi connectivity index (χ2n) is 7.14. The van der Waals surface area contributed by atoms with Gasteiger partial charge in [-0.15, -0.1) is 12.4 Å². The molecule has 0 radical (unpaired) electrons. The smallest absolute Gasteiger partial charge is 0.252 e. The fraction of sp³-hybridized carbons (Fsp3) is 0.600. The van der Waals surface area contributed by atoms with E-state index in [1.165, 1.54) is 45.2 Å². The number of nitrogens with zero attached hydrogens (tertiary/aromatic N) is 3. The van der Waals surface area contributed by atoms with Crippen LogP contribution in [-0.4, -0.2) is 53.1 Å². The van der Waals surface area contributed by atoms with Crippen molar-refractivity contribution in [2.45, 2.75) is 56.7 Å². The van der Waals surface area contributed by atoms with Crippen molar-refractivity contribution in [2.24, 2.45) is 4.99 Å².